The van der Waals surface area contributed by atoms with Gasteiger partial charge in [0.25, 0.3) is 0 Å². The molecule has 3 aromatic rings. The number of carbonyl (C=O) groups excluding carboxylic acids is 1. The molecule has 134 valence electrons. The molecule has 3 heteroatoms. The highest BCUT2D eigenvalue weighted by molar-refractivity contribution is 5.89. The van der Waals surface area contributed by atoms with E-state index in [0.717, 1.165) is 22.0 Å². The Morgan fingerprint density at radius 2 is 1.65 bits per heavy atom. The van der Waals surface area contributed by atoms with E-state index in [9.17, 15) is 4.79 Å². The van der Waals surface area contributed by atoms with Gasteiger partial charge in [-0.1, -0.05) is 59.7 Å². The molecule has 3 nitrogen and oxygen atoms in total. The molecule has 0 spiro atoms. The minimum Gasteiger partial charge on any atom is -0.361 e. The number of nitrogens with one attached hydrogen (secondary N) is 1. The van der Waals surface area contributed by atoms with Crippen LogP contribution in [-0.2, 0) is 17.8 Å². The Morgan fingerprint density at radius 1 is 0.962 bits per heavy atom. The van der Waals surface area contributed by atoms with Gasteiger partial charge in [-0.25, -0.2) is 0 Å². The predicted molar refractivity (Wildman–Crippen MR) is 108 cm³/mol. The summed E-state index contributed by atoms with van der Waals surface area (Å²) in [4.78, 5) is 18.3. The number of aromatic nitrogens is 1. The molecule has 1 heterocycles. The van der Waals surface area contributed by atoms with E-state index in [-0.39, 0.29) is 5.91 Å². The van der Waals surface area contributed by atoms with Crippen molar-refractivity contribution in [2.24, 2.45) is 0 Å². The van der Waals surface area contributed by atoms with E-state index < -0.39 is 0 Å². The van der Waals surface area contributed by atoms with Crippen molar-refractivity contribution in [3.63, 3.8) is 0 Å². The molecule has 0 atom stereocenters. The number of benzene rings is 2. The summed E-state index contributed by atoms with van der Waals surface area (Å²) >= 11 is 0. The lowest BCUT2D eigenvalue weighted by Gasteiger charge is -2.24. The molecule has 0 unspecified atom stereocenters. The summed E-state index contributed by atoms with van der Waals surface area (Å²) < 4.78 is 0. The van der Waals surface area contributed by atoms with Crippen LogP contribution in [-0.4, -0.2) is 22.3 Å². The largest absolute Gasteiger partial charge is 0.361 e. The van der Waals surface area contributed by atoms with Gasteiger partial charge in [0.2, 0.25) is 5.91 Å². The topological polar surface area (TPSA) is 36.1 Å². The number of hydrogen-bond acceptors (Lipinski definition) is 1. The van der Waals surface area contributed by atoms with E-state index in [1.165, 1.54) is 11.1 Å². The molecule has 0 fully saturated rings. The van der Waals surface area contributed by atoms with Crippen LogP contribution in [0.2, 0.25) is 0 Å². The van der Waals surface area contributed by atoms with Crippen LogP contribution in [0.15, 0.2) is 71.9 Å². The van der Waals surface area contributed by atoms with E-state index in [1.54, 1.807) is 0 Å². The summed E-state index contributed by atoms with van der Waals surface area (Å²) in [6.45, 7) is 7.59. The summed E-state index contributed by atoms with van der Waals surface area (Å²) in [5, 5.41) is 1.12. The van der Waals surface area contributed by atoms with Gasteiger partial charge in [0.15, 0.2) is 0 Å². The number of nitrogens with zero attached hydrogens (tertiary/aromatic N) is 1. The molecule has 0 radical (unpaired) electrons. The van der Waals surface area contributed by atoms with Gasteiger partial charge in [-0.2, -0.15) is 0 Å². The fourth-order valence-corrected chi connectivity index (χ4v) is 3.03. The Bertz CT molecular complexity index is 918. The fraction of sp³-hybridized carbons (Fsp3) is 0.261. The molecule has 1 aromatic heterocycles. The number of amides is 1. The van der Waals surface area contributed by atoms with Gasteiger partial charge in [0.05, 0.1) is 6.42 Å². The normalized spacial score (nSPS) is 10.7. The highest BCUT2D eigenvalue weighted by Crippen LogP contribution is 2.20. The van der Waals surface area contributed by atoms with E-state index in [0.29, 0.717) is 19.5 Å². The maximum absolute atomic E-state index is 13.1. The summed E-state index contributed by atoms with van der Waals surface area (Å²) in [5.74, 6) is 0.152. The van der Waals surface area contributed by atoms with Crippen molar-refractivity contribution in [1.29, 1.82) is 0 Å². The predicted octanol–water partition coefficient (Wildman–Crippen LogP) is 5.10. The number of hydrogen-bond donors (Lipinski definition) is 1. The fourth-order valence-electron chi connectivity index (χ4n) is 3.03. The average Bonchev–Trinajstić information content (AvgIpc) is 3.05. The molecule has 0 aliphatic carbocycles. The number of para-hydroxylation sites is 1. The standard InChI is InChI=1S/C23H26N2O/c1-17(2)18(3)15-25(16-19-9-5-4-6-10-19)23(26)13-20-14-24-22-12-8-7-11-21(20)22/h4-12,14,24H,13,15-16H2,1-3H3. The Labute approximate surface area is 155 Å². The van der Waals surface area contributed by atoms with Crippen molar-refractivity contribution in [1.82, 2.24) is 9.88 Å². The van der Waals surface area contributed by atoms with Gasteiger partial charge in [-0.15, -0.1) is 0 Å². The SMILES string of the molecule is CC(C)=C(C)CN(Cc1ccccc1)C(=O)Cc1c[nH]c2ccccc12. The summed E-state index contributed by atoms with van der Waals surface area (Å²) in [6.07, 6.45) is 2.36. The van der Waals surface area contributed by atoms with Crippen LogP contribution < -0.4 is 0 Å². The first-order valence-corrected chi connectivity index (χ1v) is 9.04. The van der Waals surface area contributed by atoms with Crippen LogP contribution in [0.5, 0.6) is 0 Å². The molecule has 26 heavy (non-hydrogen) atoms. The second-order valence-electron chi connectivity index (χ2n) is 7.05. The summed E-state index contributed by atoms with van der Waals surface area (Å²) in [6, 6.07) is 18.3. The maximum Gasteiger partial charge on any atom is 0.227 e. The lowest BCUT2D eigenvalue weighted by Crippen LogP contribution is -2.33. The summed E-state index contributed by atoms with van der Waals surface area (Å²) in [5.41, 5.74) is 5.79. The molecule has 0 saturated heterocycles. The first-order valence-electron chi connectivity index (χ1n) is 9.04. The molecule has 1 amide bonds. The van der Waals surface area contributed by atoms with Gasteiger partial charge >= 0.3 is 0 Å². The first kappa shape index (κ1) is 18.0. The zero-order chi connectivity index (χ0) is 18.5. The Kier molecular flexibility index (Phi) is 5.57. The van der Waals surface area contributed by atoms with Crippen LogP contribution in [0, 0.1) is 0 Å². The highest BCUT2D eigenvalue weighted by Gasteiger charge is 2.17. The van der Waals surface area contributed by atoms with Crippen molar-refractivity contribution in [3.05, 3.63) is 83.1 Å². The second-order valence-corrected chi connectivity index (χ2v) is 7.05. The molecular weight excluding hydrogens is 320 g/mol. The number of H-pyrrole nitrogens is 1. The quantitative estimate of drug-likeness (QED) is 0.620. The Hall–Kier alpha value is -2.81. The van der Waals surface area contributed by atoms with Crippen LogP contribution in [0.25, 0.3) is 10.9 Å². The molecule has 0 bridgehead atoms. The summed E-state index contributed by atoms with van der Waals surface area (Å²) in [7, 11) is 0. The monoisotopic (exact) mass is 346 g/mol. The second kappa shape index (κ2) is 8.05. The lowest BCUT2D eigenvalue weighted by molar-refractivity contribution is -0.130. The number of carbonyl (C=O) groups is 1. The van der Waals surface area contributed by atoms with Gasteiger partial charge in [-0.05, 0) is 38.0 Å². The minimum absolute atomic E-state index is 0.152. The minimum atomic E-state index is 0.152. The number of fused-ring (bicyclic) bond motifs is 1. The number of rotatable bonds is 6. The maximum atomic E-state index is 13.1. The first-order chi connectivity index (χ1) is 12.5. The Morgan fingerprint density at radius 3 is 2.38 bits per heavy atom. The molecule has 0 aliphatic heterocycles. The third-order valence-corrected chi connectivity index (χ3v) is 4.87. The van der Waals surface area contributed by atoms with Crippen molar-refractivity contribution >= 4 is 16.8 Å². The zero-order valence-corrected chi connectivity index (χ0v) is 15.8. The van der Waals surface area contributed by atoms with Crippen LogP contribution in [0.4, 0.5) is 0 Å². The molecule has 0 aliphatic rings. The molecule has 1 N–H and O–H groups in total. The van der Waals surface area contributed by atoms with Crippen LogP contribution in [0.1, 0.15) is 31.9 Å². The number of allylic oxidation sites excluding steroid dienone is 1. The van der Waals surface area contributed by atoms with Crippen LogP contribution >= 0.6 is 0 Å². The lowest BCUT2D eigenvalue weighted by atomic mass is 10.1. The molecule has 0 saturated carbocycles. The van der Waals surface area contributed by atoms with Crippen molar-refractivity contribution < 1.29 is 4.79 Å². The van der Waals surface area contributed by atoms with E-state index in [2.05, 4.69) is 44.0 Å². The van der Waals surface area contributed by atoms with Crippen molar-refractivity contribution in [3.8, 4) is 0 Å². The van der Waals surface area contributed by atoms with Gasteiger partial charge < -0.3 is 9.88 Å². The third kappa shape index (κ3) is 4.23. The van der Waals surface area contributed by atoms with Crippen molar-refractivity contribution in [2.75, 3.05) is 6.54 Å². The van der Waals surface area contributed by atoms with E-state index in [1.807, 2.05) is 47.5 Å². The smallest absolute Gasteiger partial charge is 0.227 e. The molecule has 3 rings (SSSR count). The molecule has 2 aromatic carbocycles. The van der Waals surface area contributed by atoms with Crippen LogP contribution in [0.3, 0.4) is 0 Å². The van der Waals surface area contributed by atoms with E-state index >= 15 is 0 Å². The van der Waals surface area contributed by atoms with Crippen molar-refractivity contribution in [2.45, 2.75) is 33.7 Å². The average molecular weight is 346 g/mol. The van der Waals surface area contributed by atoms with Gasteiger partial charge in [0.1, 0.15) is 0 Å². The third-order valence-electron chi connectivity index (χ3n) is 4.87. The highest BCUT2D eigenvalue weighted by atomic mass is 16.2. The van der Waals surface area contributed by atoms with Gasteiger partial charge in [-0.3, -0.25) is 4.79 Å². The van der Waals surface area contributed by atoms with E-state index in [4.69, 9.17) is 0 Å². The Balaban J connectivity index is 1.82. The molecular formula is C23H26N2O. The number of aromatic amines is 1. The zero-order valence-electron chi connectivity index (χ0n) is 15.8. The van der Waals surface area contributed by atoms with Gasteiger partial charge in [0, 0.05) is 30.2 Å².